The van der Waals surface area contributed by atoms with Gasteiger partial charge < -0.3 is 14.2 Å². The van der Waals surface area contributed by atoms with E-state index in [9.17, 15) is 16.8 Å². The second-order valence-corrected chi connectivity index (χ2v) is 13.3. The van der Waals surface area contributed by atoms with Gasteiger partial charge in [0.15, 0.2) is 0 Å². The molecule has 0 aliphatic rings. The molecule has 0 N–H and O–H groups in total. The van der Waals surface area contributed by atoms with E-state index >= 15 is 0 Å². The molecule has 3 rings (SSSR count). The third kappa shape index (κ3) is 11.3. The minimum Gasteiger partial charge on any atom is -0.378 e. The van der Waals surface area contributed by atoms with E-state index < -0.39 is 25.7 Å². The molecule has 0 aliphatic heterocycles. The van der Waals surface area contributed by atoms with E-state index in [0.29, 0.717) is 6.61 Å². The van der Waals surface area contributed by atoms with Crippen LogP contribution < -0.4 is 0 Å². The fourth-order valence-electron chi connectivity index (χ4n) is 3.70. The predicted molar refractivity (Wildman–Crippen MR) is 154 cm³/mol. The number of ether oxygens (including phenoxy) is 3. The Morgan fingerprint density at radius 1 is 0.561 bits per heavy atom. The first-order chi connectivity index (χ1) is 19.5. The number of hydrogen-bond acceptors (Lipinski definition) is 9. The van der Waals surface area contributed by atoms with Gasteiger partial charge in [0, 0.05) is 5.41 Å². The summed E-state index contributed by atoms with van der Waals surface area (Å²) in [6, 6.07) is 22.5. The van der Waals surface area contributed by atoms with Crippen molar-refractivity contribution in [3.8, 4) is 0 Å². The van der Waals surface area contributed by atoms with Crippen LogP contribution in [0.2, 0.25) is 0 Å². The zero-order valence-corrected chi connectivity index (χ0v) is 25.3. The van der Waals surface area contributed by atoms with E-state index in [-0.39, 0.29) is 56.0 Å². The van der Waals surface area contributed by atoms with Crippen LogP contribution in [0.15, 0.2) is 88.7 Å². The molecule has 0 aromatic heterocycles. The Kier molecular flexibility index (Phi) is 12.5. The molecule has 3 aromatic carbocycles. The largest absolute Gasteiger partial charge is 0.378 e. The SMILES string of the molecule is Cc1ccc(S(=O)(=O)OCCOCC(C)(COCCOS(=O)(=O)c2ccc(C)cc2)COCc2ccccc2)cc1. The molecule has 0 bridgehead atoms. The molecule has 0 amide bonds. The first-order valence-corrected chi connectivity index (χ1v) is 16.0. The van der Waals surface area contributed by atoms with Crippen LogP contribution in [0.25, 0.3) is 0 Å². The molecule has 11 heteroatoms. The van der Waals surface area contributed by atoms with E-state index in [1.807, 2.05) is 51.1 Å². The van der Waals surface area contributed by atoms with Crippen molar-refractivity contribution < 1.29 is 39.4 Å². The monoisotopic (exact) mass is 606 g/mol. The van der Waals surface area contributed by atoms with Crippen molar-refractivity contribution in [2.45, 2.75) is 37.2 Å². The lowest BCUT2D eigenvalue weighted by molar-refractivity contribution is -0.0689. The molecule has 3 aromatic rings. The highest BCUT2D eigenvalue weighted by Gasteiger charge is 2.26. The van der Waals surface area contributed by atoms with E-state index in [1.54, 1.807) is 24.3 Å². The molecule has 0 aliphatic carbocycles. The van der Waals surface area contributed by atoms with Gasteiger partial charge in [-0.2, -0.15) is 16.8 Å². The van der Waals surface area contributed by atoms with Crippen LogP contribution in [0.5, 0.6) is 0 Å². The van der Waals surface area contributed by atoms with Crippen LogP contribution >= 0.6 is 0 Å². The third-order valence-corrected chi connectivity index (χ3v) is 8.67. The van der Waals surface area contributed by atoms with Gasteiger partial charge >= 0.3 is 0 Å². The molecule has 0 saturated carbocycles. The van der Waals surface area contributed by atoms with Crippen LogP contribution in [0.3, 0.4) is 0 Å². The van der Waals surface area contributed by atoms with Gasteiger partial charge in [-0.15, -0.1) is 0 Å². The van der Waals surface area contributed by atoms with Crippen molar-refractivity contribution in [2.75, 3.05) is 46.2 Å². The normalized spacial score (nSPS) is 12.5. The van der Waals surface area contributed by atoms with E-state index in [2.05, 4.69) is 0 Å². The molecule has 0 spiro atoms. The van der Waals surface area contributed by atoms with Gasteiger partial charge in [0.05, 0.1) is 62.6 Å². The lowest BCUT2D eigenvalue weighted by Crippen LogP contribution is -2.35. The van der Waals surface area contributed by atoms with Gasteiger partial charge in [-0.1, -0.05) is 72.6 Å². The summed E-state index contributed by atoms with van der Waals surface area (Å²) in [6.07, 6.45) is 0. The summed E-state index contributed by atoms with van der Waals surface area (Å²) in [4.78, 5) is 0.171. The average Bonchev–Trinajstić information content (AvgIpc) is 2.94. The zero-order valence-electron chi connectivity index (χ0n) is 23.7. The van der Waals surface area contributed by atoms with Crippen molar-refractivity contribution >= 4 is 20.2 Å². The summed E-state index contributed by atoms with van der Waals surface area (Å²) in [5.74, 6) is 0. The third-order valence-electron chi connectivity index (χ3n) is 6.01. The fourth-order valence-corrected chi connectivity index (χ4v) is 5.49. The van der Waals surface area contributed by atoms with Crippen LogP contribution in [0.1, 0.15) is 23.6 Å². The Morgan fingerprint density at radius 2 is 0.976 bits per heavy atom. The maximum Gasteiger partial charge on any atom is 0.297 e. The molecule has 0 fully saturated rings. The molecule has 0 radical (unpaired) electrons. The van der Waals surface area contributed by atoms with Crippen molar-refractivity contribution in [3.05, 3.63) is 95.6 Å². The number of benzene rings is 3. The maximum atomic E-state index is 12.4. The first-order valence-electron chi connectivity index (χ1n) is 13.2. The van der Waals surface area contributed by atoms with Crippen molar-refractivity contribution in [1.82, 2.24) is 0 Å². The van der Waals surface area contributed by atoms with Crippen molar-refractivity contribution in [3.63, 3.8) is 0 Å². The molecular formula is C30H38O9S2. The Hall–Kier alpha value is -2.64. The molecule has 9 nitrogen and oxygen atoms in total. The van der Waals surface area contributed by atoms with Gasteiger partial charge in [0.1, 0.15) is 0 Å². The van der Waals surface area contributed by atoms with Gasteiger partial charge in [-0.05, 0) is 43.7 Å². The molecular weight excluding hydrogens is 568 g/mol. The highest BCUT2D eigenvalue weighted by atomic mass is 32.2. The highest BCUT2D eigenvalue weighted by molar-refractivity contribution is 7.87. The summed E-state index contributed by atoms with van der Waals surface area (Å²) in [7, 11) is -7.77. The first kappa shape index (κ1) is 32.9. The Bertz CT molecular complexity index is 1320. The van der Waals surface area contributed by atoms with Crippen LogP contribution in [-0.2, 0) is 49.4 Å². The van der Waals surface area contributed by atoms with Crippen LogP contribution in [0.4, 0.5) is 0 Å². The number of aryl methyl sites for hydroxylation is 2. The summed E-state index contributed by atoms with van der Waals surface area (Å²) in [6.45, 7) is 6.49. The molecule has 0 heterocycles. The summed E-state index contributed by atoms with van der Waals surface area (Å²) < 4.78 is 77.2. The standard InChI is InChI=1S/C30H38O9S2/c1-25-9-13-28(14-10-25)40(31,32)38-19-17-35-22-30(3,24-37-21-27-7-5-4-6-8-27)23-36-18-20-39-41(33,34)29-15-11-26(2)12-16-29/h4-16H,17-24H2,1-3H3. The van der Waals surface area contributed by atoms with Crippen molar-refractivity contribution in [1.29, 1.82) is 0 Å². The second-order valence-electron chi connectivity index (χ2n) is 10.1. The van der Waals surface area contributed by atoms with Crippen molar-refractivity contribution in [2.24, 2.45) is 5.41 Å². The average molecular weight is 607 g/mol. The van der Waals surface area contributed by atoms with E-state index in [1.165, 1.54) is 24.3 Å². The number of rotatable bonds is 18. The zero-order chi connectivity index (χ0) is 29.8. The van der Waals surface area contributed by atoms with Gasteiger partial charge in [0.2, 0.25) is 0 Å². The fraction of sp³-hybridized carbons (Fsp3) is 0.400. The van der Waals surface area contributed by atoms with Gasteiger partial charge in [-0.25, -0.2) is 0 Å². The highest BCUT2D eigenvalue weighted by Crippen LogP contribution is 2.20. The topological polar surface area (TPSA) is 114 Å². The van der Waals surface area contributed by atoms with Crippen LogP contribution in [0, 0.1) is 19.3 Å². The van der Waals surface area contributed by atoms with Crippen LogP contribution in [-0.4, -0.2) is 63.1 Å². The Morgan fingerprint density at radius 3 is 1.41 bits per heavy atom. The van der Waals surface area contributed by atoms with E-state index in [0.717, 1.165) is 16.7 Å². The maximum absolute atomic E-state index is 12.4. The minimum absolute atomic E-state index is 0.0390. The smallest absolute Gasteiger partial charge is 0.297 e. The Labute approximate surface area is 243 Å². The summed E-state index contributed by atoms with van der Waals surface area (Å²) in [5, 5.41) is 0. The van der Waals surface area contributed by atoms with Gasteiger partial charge in [0.25, 0.3) is 20.2 Å². The Balaban J connectivity index is 1.47. The number of hydrogen-bond donors (Lipinski definition) is 0. The van der Waals surface area contributed by atoms with Gasteiger partial charge in [-0.3, -0.25) is 8.37 Å². The summed E-state index contributed by atoms with van der Waals surface area (Å²) in [5.41, 5.74) is 2.30. The molecule has 0 saturated heterocycles. The lowest BCUT2D eigenvalue weighted by atomic mass is 9.94. The predicted octanol–water partition coefficient (Wildman–Crippen LogP) is 4.67. The summed E-state index contributed by atoms with van der Waals surface area (Å²) >= 11 is 0. The lowest BCUT2D eigenvalue weighted by Gasteiger charge is -2.29. The second kappa shape index (κ2) is 15.5. The minimum atomic E-state index is -3.89. The van der Waals surface area contributed by atoms with E-state index in [4.69, 9.17) is 22.6 Å². The molecule has 224 valence electrons. The molecule has 0 unspecified atom stereocenters. The quantitative estimate of drug-likeness (QED) is 0.151. The molecule has 0 atom stereocenters. The molecule has 41 heavy (non-hydrogen) atoms.